The number of carbonyl (C=O) groups excluding carboxylic acids is 1. The number of ether oxygens (including phenoxy) is 1. The summed E-state index contributed by atoms with van der Waals surface area (Å²) in [6.07, 6.45) is 3.44. The van der Waals surface area contributed by atoms with Gasteiger partial charge in [0.1, 0.15) is 5.78 Å². The quantitative estimate of drug-likeness (QED) is 0.786. The molecule has 0 radical (unpaired) electrons. The average molecular weight is 224 g/mol. The van der Waals surface area contributed by atoms with Crippen molar-refractivity contribution < 1.29 is 9.53 Å². The molecule has 3 heteroatoms. The lowest BCUT2D eigenvalue weighted by atomic mass is 9.92. The van der Waals surface area contributed by atoms with Crippen LogP contribution in [0, 0.1) is 5.92 Å². The molecule has 0 unspecified atom stereocenters. The second-order valence-corrected chi connectivity index (χ2v) is 4.76. The Bertz CT molecular complexity index is 299. The number of ketones is 1. The minimum Gasteiger partial charge on any atom is -0.381 e. The second kappa shape index (κ2) is 5.42. The van der Waals surface area contributed by atoms with Crippen LogP contribution in [0.2, 0.25) is 0 Å². The van der Waals surface area contributed by atoms with Crippen LogP contribution in [-0.2, 0) is 16.0 Å². The molecule has 1 saturated heterocycles. The first-order valence-corrected chi connectivity index (χ1v) is 6.42. The van der Waals surface area contributed by atoms with Gasteiger partial charge in [-0.25, -0.2) is 0 Å². The lowest BCUT2D eigenvalue weighted by Gasteiger charge is -2.20. The average Bonchev–Trinajstić information content (AvgIpc) is 2.80. The molecule has 0 bridgehead atoms. The van der Waals surface area contributed by atoms with E-state index in [4.69, 9.17) is 4.74 Å². The zero-order chi connectivity index (χ0) is 10.5. The maximum atomic E-state index is 11.8. The van der Waals surface area contributed by atoms with Crippen LogP contribution in [0.15, 0.2) is 16.8 Å². The molecule has 0 N–H and O–H groups in total. The van der Waals surface area contributed by atoms with Gasteiger partial charge in [0.25, 0.3) is 0 Å². The lowest BCUT2D eigenvalue weighted by molar-refractivity contribution is -0.125. The summed E-state index contributed by atoms with van der Waals surface area (Å²) in [5, 5.41) is 4.19. The Morgan fingerprint density at radius 1 is 1.47 bits per heavy atom. The van der Waals surface area contributed by atoms with Crippen LogP contribution in [0.25, 0.3) is 0 Å². The van der Waals surface area contributed by atoms with Gasteiger partial charge >= 0.3 is 0 Å². The summed E-state index contributed by atoms with van der Waals surface area (Å²) in [6.45, 7) is 1.52. The molecule has 1 fully saturated rings. The van der Waals surface area contributed by atoms with Crippen LogP contribution in [0.4, 0.5) is 0 Å². The van der Waals surface area contributed by atoms with Gasteiger partial charge in [0.05, 0.1) is 0 Å². The highest BCUT2D eigenvalue weighted by Gasteiger charge is 2.20. The Labute approximate surface area is 94.3 Å². The second-order valence-electron chi connectivity index (χ2n) is 3.98. The number of thiophene rings is 1. The van der Waals surface area contributed by atoms with E-state index in [0.29, 0.717) is 12.2 Å². The summed E-state index contributed by atoms with van der Waals surface area (Å²) in [7, 11) is 0. The first kappa shape index (κ1) is 10.8. The van der Waals surface area contributed by atoms with Gasteiger partial charge in [-0.05, 0) is 41.7 Å². The monoisotopic (exact) mass is 224 g/mol. The summed E-state index contributed by atoms with van der Waals surface area (Å²) >= 11 is 1.70. The Hall–Kier alpha value is -0.670. The molecule has 0 atom stereocenters. The fraction of sp³-hybridized carbons (Fsp3) is 0.583. The van der Waals surface area contributed by atoms with E-state index < -0.39 is 0 Å². The predicted octanol–water partition coefficient (Wildman–Crippen LogP) is 2.68. The summed E-state index contributed by atoms with van der Waals surface area (Å²) in [4.78, 5) is 11.8. The number of aryl methyl sites for hydroxylation is 1. The molecule has 1 aromatic heterocycles. The summed E-state index contributed by atoms with van der Waals surface area (Å²) in [6, 6.07) is 2.10. The summed E-state index contributed by atoms with van der Waals surface area (Å²) < 4.78 is 5.25. The van der Waals surface area contributed by atoms with E-state index in [1.165, 1.54) is 5.56 Å². The Morgan fingerprint density at radius 2 is 2.27 bits per heavy atom. The molecule has 0 aliphatic carbocycles. The van der Waals surface area contributed by atoms with E-state index in [1.54, 1.807) is 11.3 Å². The third-order valence-electron chi connectivity index (χ3n) is 2.92. The standard InChI is InChI=1S/C12H16O2S/c13-12(11-3-6-14-7-4-11)2-1-10-5-8-15-9-10/h5,8-9,11H,1-4,6-7H2. The summed E-state index contributed by atoms with van der Waals surface area (Å²) in [5.74, 6) is 0.682. The van der Waals surface area contributed by atoms with Crippen molar-refractivity contribution in [2.24, 2.45) is 5.92 Å². The third-order valence-corrected chi connectivity index (χ3v) is 3.65. The van der Waals surface area contributed by atoms with Crippen LogP contribution < -0.4 is 0 Å². The molecule has 2 nitrogen and oxygen atoms in total. The van der Waals surface area contributed by atoms with Crippen molar-refractivity contribution in [2.75, 3.05) is 13.2 Å². The fourth-order valence-electron chi connectivity index (χ4n) is 1.93. The van der Waals surface area contributed by atoms with E-state index in [-0.39, 0.29) is 5.92 Å². The zero-order valence-corrected chi connectivity index (χ0v) is 9.59. The molecule has 0 aromatic carbocycles. The van der Waals surface area contributed by atoms with Gasteiger partial charge in [-0.15, -0.1) is 0 Å². The first-order chi connectivity index (χ1) is 7.36. The van der Waals surface area contributed by atoms with Gasteiger partial charge in [-0.3, -0.25) is 4.79 Å². The van der Waals surface area contributed by atoms with Gasteiger partial charge in [0.15, 0.2) is 0 Å². The van der Waals surface area contributed by atoms with Crippen molar-refractivity contribution in [3.8, 4) is 0 Å². The van der Waals surface area contributed by atoms with E-state index in [9.17, 15) is 4.79 Å². The minimum absolute atomic E-state index is 0.261. The molecule has 1 aromatic rings. The number of hydrogen-bond acceptors (Lipinski definition) is 3. The fourth-order valence-corrected chi connectivity index (χ4v) is 2.63. The Kier molecular flexibility index (Phi) is 3.92. The van der Waals surface area contributed by atoms with Crippen molar-refractivity contribution in [3.05, 3.63) is 22.4 Å². The zero-order valence-electron chi connectivity index (χ0n) is 8.78. The molecule has 82 valence electrons. The Morgan fingerprint density at radius 3 is 2.93 bits per heavy atom. The van der Waals surface area contributed by atoms with Gasteiger partial charge in [-0.1, -0.05) is 0 Å². The molecule has 0 saturated carbocycles. The van der Waals surface area contributed by atoms with Crippen LogP contribution in [0.3, 0.4) is 0 Å². The number of carbonyl (C=O) groups is 1. The maximum absolute atomic E-state index is 11.8. The van der Waals surface area contributed by atoms with Gasteiger partial charge in [0.2, 0.25) is 0 Å². The number of Topliss-reactive ketones (excluding diaryl/α,β-unsaturated/α-hetero) is 1. The van der Waals surface area contributed by atoms with Crippen molar-refractivity contribution in [1.29, 1.82) is 0 Å². The number of hydrogen-bond donors (Lipinski definition) is 0. The Balaban J connectivity index is 1.76. The van der Waals surface area contributed by atoms with Gasteiger partial charge < -0.3 is 4.74 Å². The molecule has 0 spiro atoms. The largest absolute Gasteiger partial charge is 0.381 e. The van der Waals surface area contributed by atoms with E-state index in [2.05, 4.69) is 16.8 Å². The topological polar surface area (TPSA) is 26.3 Å². The predicted molar refractivity (Wildman–Crippen MR) is 61.2 cm³/mol. The molecule has 0 amide bonds. The van der Waals surface area contributed by atoms with Crippen LogP contribution in [-0.4, -0.2) is 19.0 Å². The molecule has 1 aliphatic rings. The van der Waals surface area contributed by atoms with Gasteiger partial charge in [0, 0.05) is 25.6 Å². The SMILES string of the molecule is O=C(CCc1ccsc1)C1CCOCC1. The van der Waals surface area contributed by atoms with Crippen molar-refractivity contribution in [3.63, 3.8) is 0 Å². The molecular formula is C12H16O2S. The third kappa shape index (κ3) is 3.14. The van der Waals surface area contributed by atoms with Crippen LogP contribution in [0.1, 0.15) is 24.8 Å². The molecular weight excluding hydrogens is 208 g/mol. The van der Waals surface area contributed by atoms with Crippen molar-refractivity contribution in [2.45, 2.75) is 25.7 Å². The molecule has 15 heavy (non-hydrogen) atoms. The lowest BCUT2D eigenvalue weighted by Crippen LogP contribution is -2.23. The highest BCUT2D eigenvalue weighted by Crippen LogP contribution is 2.18. The highest BCUT2D eigenvalue weighted by atomic mass is 32.1. The smallest absolute Gasteiger partial charge is 0.136 e. The molecule has 1 aliphatic heterocycles. The van der Waals surface area contributed by atoms with Gasteiger partial charge in [-0.2, -0.15) is 11.3 Å². The molecule has 2 rings (SSSR count). The maximum Gasteiger partial charge on any atom is 0.136 e. The van der Waals surface area contributed by atoms with Crippen LogP contribution >= 0.6 is 11.3 Å². The van der Waals surface area contributed by atoms with Crippen molar-refractivity contribution in [1.82, 2.24) is 0 Å². The van der Waals surface area contributed by atoms with E-state index in [0.717, 1.165) is 32.5 Å². The van der Waals surface area contributed by atoms with Crippen molar-refractivity contribution >= 4 is 17.1 Å². The van der Waals surface area contributed by atoms with E-state index >= 15 is 0 Å². The molecule has 2 heterocycles. The first-order valence-electron chi connectivity index (χ1n) is 5.48. The summed E-state index contributed by atoms with van der Waals surface area (Å²) in [5.41, 5.74) is 1.29. The highest BCUT2D eigenvalue weighted by molar-refractivity contribution is 7.07. The minimum atomic E-state index is 0.261. The number of rotatable bonds is 4. The van der Waals surface area contributed by atoms with E-state index in [1.807, 2.05) is 0 Å². The van der Waals surface area contributed by atoms with Crippen LogP contribution in [0.5, 0.6) is 0 Å². The normalized spacial score (nSPS) is 17.9.